The number of fused-ring (bicyclic) bond motifs is 1. The molecule has 0 unspecified atom stereocenters. The first kappa shape index (κ1) is 19.0. The van der Waals surface area contributed by atoms with Gasteiger partial charge in [-0.05, 0) is 18.2 Å². The second-order valence-electron chi connectivity index (χ2n) is 7.60. The third-order valence-corrected chi connectivity index (χ3v) is 5.63. The molecule has 0 aliphatic carbocycles. The lowest BCUT2D eigenvalue weighted by atomic mass is 9.97. The zero-order valence-corrected chi connectivity index (χ0v) is 16.6. The number of aliphatic hydroxyl groups is 1. The molecule has 1 aliphatic rings. The van der Waals surface area contributed by atoms with Gasteiger partial charge in [-0.2, -0.15) is 0 Å². The molecule has 3 aromatic heterocycles. The highest BCUT2D eigenvalue weighted by Crippen LogP contribution is 2.35. The second kappa shape index (κ2) is 6.78. The lowest BCUT2D eigenvalue weighted by molar-refractivity contribution is -0.144. The number of amides is 2. The Bertz CT molecular complexity index is 1340. The SMILES string of the molecule is CN1CC[C@@](O)(c2cc(-c3cccc(-c4nc(C(N)=O)n5ccccc45)c3)no2)C1=O. The minimum atomic E-state index is -1.70. The highest BCUT2D eigenvalue weighted by molar-refractivity contribution is 5.93. The van der Waals surface area contributed by atoms with Crippen molar-refractivity contribution in [3.63, 3.8) is 0 Å². The summed E-state index contributed by atoms with van der Waals surface area (Å²) in [6.45, 7) is 0.441. The van der Waals surface area contributed by atoms with Crippen molar-refractivity contribution in [3.05, 3.63) is 66.3 Å². The molecule has 1 atom stereocenters. The first-order valence-electron chi connectivity index (χ1n) is 9.71. The largest absolute Gasteiger partial charge is 0.373 e. The van der Waals surface area contributed by atoms with Gasteiger partial charge < -0.3 is 20.3 Å². The van der Waals surface area contributed by atoms with E-state index in [0.717, 1.165) is 11.1 Å². The monoisotopic (exact) mass is 417 g/mol. The Hall–Kier alpha value is -3.98. The molecule has 9 heteroatoms. The molecule has 31 heavy (non-hydrogen) atoms. The molecule has 1 aliphatic heterocycles. The molecule has 1 saturated heterocycles. The van der Waals surface area contributed by atoms with Gasteiger partial charge >= 0.3 is 0 Å². The zero-order chi connectivity index (χ0) is 21.8. The third kappa shape index (κ3) is 2.89. The molecule has 9 nitrogen and oxygen atoms in total. The van der Waals surface area contributed by atoms with E-state index < -0.39 is 17.4 Å². The number of carbonyl (C=O) groups is 2. The number of hydrogen-bond acceptors (Lipinski definition) is 6. The fourth-order valence-electron chi connectivity index (χ4n) is 3.94. The summed E-state index contributed by atoms with van der Waals surface area (Å²) in [5.41, 5.74) is 7.08. The Morgan fingerprint density at radius 1 is 1.19 bits per heavy atom. The summed E-state index contributed by atoms with van der Waals surface area (Å²) < 4.78 is 7.00. The smallest absolute Gasteiger partial charge is 0.285 e. The van der Waals surface area contributed by atoms with Crippen LogP contribution < -0.4 is 5.73 Å². The standard InChI is InChI=1S/C22H19N5O4/c1-26-10-8-22(30,21(26)29)17-12-15(25-31-17)13-5-4-6-14(11-13)18-16-7-2-3-9-27(16)20(24-18)19(23)28/h2-7,9,11-12,30H,8,10H2,1H3,(H2,23,28)/t22-/m1/s1. The molecule has 0 saturated carbocycles. The van der Waals surface area contributed by atoms with Gasteiger partial charge in [0.2, 0.25) is 11.4 Å². The number of primary amides is 1. The maximum absolute atomic E-state index is 12.3. The Morgan fingerprint density at radius 2 is 2.00 bits per heavy atom. The quantitative estimate of drug-likeness (QED) is 0.521. The van der Waals surface area contributed by atoms with Gasteiger partial charge in [0.05, 0.1) is 11.2 Å². The molecule has 4 aromatic rings. The van der Waals surface area contributed by atoms with E-state index in [4.69, 9.17) is 10.3 Å². The summed E-state index contributed by atoms with van der Waals surface area (Å²) in [5, 5.41) is 14.8. The number of nitrogens with zero attached hydrogens (tertiary/aromatic N) is 4. The minimum absolute atomic E-state index is 0.116. The van der Waals surface area contributed by atoms with E-state index >= 15 is 0 Å². The van der Waals surface area contributed by atoms with Crippen molar-refractivity contribution in [3.8, 4) is 22.5 Å². The number of hydrogen-bond donors (Lipinski definition) is 2. The van der Waals surface area contributed by atoms with Gasteiger partial charge in [0.15, 0.2) is 5.76 Å². The van der Waals surface area contributed by atoms with Gasteiger partial charge in [0.1, 0.15) is 5.69 Å². The first-order valence-corrected chi connectivity index (χ1v) is 9.71. The van der Waals surface area contributed by atoms with Crippen LogP contribution in [-0.4, -0.2) is 50.0 Å². The molecule has 0 spiro atoms. The van der Waals surface area contributed by atoms with Crippen LogP contribution in [0.25, 0.3) is 28.0 Å². The van der Waals surface area contributed by atoms with Gasteiger partial charge in [0.25, 0.3) is 11.8 Å². The van der Waals surface area contributed by atoms with Crippen molar-refractivity contribution in [1.29, 1.82) is 0 Å². The van der Waals surface area contributed by atoms with Crippen molar-refractivity contribution in [2.75, 3.05) is 13.6 Å². The van der Waals surface area contributed by atoms with Gasteiger partial charge in [-0.3, -0.25) is 14.0 Å². The van der Waals surface area contributed by atoms with Crippen LogP contribution in [-0.2, 0) is 10.4 Å². The van der Waals surface area contributed by atoms with Crippen molar-refractivity contribution >= 4 is 17.3 Å². The predicted molar refractivity (Wildman–Crippen MR) is 111 cm³/mol. The Morgan fingerprint density at radius 3 is 2.74 bits per heavy atom. The summed E-state index contributed by atoms with van der Waals surface area (Å²) in [6, 6.07) is 14.5. The number of likely N-dealkylation sites (N-methyl/N-ethyl adjacent to an activating group) is 1. The number of carbonyl (C=O) groups excluding carboxylic acids is 2. The van der Waals surface area contributed by atoms with E-state index in [1.165, 1.54) is 4.90 Å². The van der Waals surface area contributed by atoms with Crippen molar-refractivity contribution in [2.45, 2.75) is 12.0 Å². The highest BCUT2D eigenvalue weighted by Gasteiger charge is 2.48. The predicted octanol–water partition coefficient (Wildman–Crippen LogP) is 1.80. The average molecular weight is 417 g/mol. The van der Waals surface area contributed by atoms with Gasteiger partial charge in [-0.15, -0.1) is 0 Å². The molecule has 0 radical (unpaired) electrons. The third-order valence-electron chi connectivity index (χ3n) is 5.63. The number of nitrogens with two attached hydrogens (primary N) is 1. The Kier molecular flexibility index (Phi) is 4.16. The van der Waals surface area contributed by atoms with Crippen molar-refractivity contribution < 1.29 is 19.2 Å². The molecule has 1 fully saturated rings. The van der Waals surface area contributed by atoms with Crippen molar-refractivity contribution in [1.82, 2.24) is 19.4 Å². The number of aromatic nitrogens is 3. The number of imidazole rings is 1. The van der Waals surface area contributed by atoms with Gasteiger partial charge in [-0.25, -0.2) is 4.98 Å². The van der Waals surface area contributed by atoms with Crippen LogP contribution >= 0.6 is 0 Å². The fourth-order valence-corrected chi connectivity index (χ4v) is 3.94. The van der Waals surface area contributed by atoms with Crippen LogP contribution in [0.4, 0.5) is 0 Å². The zero-order valence-electron chi connectivity index (χ0n) is 16.6. The highest BCUT2D eigenvalue weighted by atomic mass is 16.5. The Labute approximate surface area is 176 Å². The fraction of sp³-hybridized carbons (Fsp3) is 0.182. The number of rotatable bonds is 4. The van der Waals surface area contributed by atoms with Crippen LogP contribution in [0.5, 0.6) is 0 Å². The van der Waals surface area contributed by atoms with Crippen LogP contribution in [0, 0.1) is 0 Å². The van der Waals surface area contributed by atoms with E-state index in [1.807, 2.05) is 36.4 Å². The van der Waals surface area contributed by atoms with Crippen LogP contribution in [0.3, 0.4) is 0 Å². The molecular formula is C22H19N5O4. The van der Waals surface area contributed by atoms with E-state index in [9.17, 15) is 14.7 Å². The summed E-state index contributed by atoms with van der Waals surface area (Å²) in [6.07, 6.45) is 1.98. The van der Waals surface area contributed by atoms with E-state index in [1.54, 1.807) is 29.8 Å². The van der Waals surface area contributed by atoms with Crippen LogP contribution in [0.15, 0.2) is 59.3 Å². The maximum atomic E-state index is 12.3. The summed E-state index contributed by atoms with van der Waals surface area (Å²) in [4.78, 5) is 30.1. The van der Waals surface area contributed by atoms with Crippen LogP contribution in [0.1, 0.15) is 22.8 Å². The van der Waals surface area contributed by atoms with E-state index in [-0.39, 0.29) is 18.0 Å². The first-order chi connectivity index (χ1) is 14.9. The normalized spacial score (nSPS) is 18.8. The average Bonchev–Trinajstić information content (AvgIpc) is 3.48. The second-order valence-corrected chi connectivity index (χ2v) is 7.60. The van der Waals surface area contributed by atoms with Gasteiger partial charge in [0, 0.05) is 43.4 Å². The molecule has 5 rings (SSSR count). The van der Waals surface area contributed by atoms with Crippen LogP contribution in [0.2, 0.25) is 0 Å². The van der Waals surface area contributed by atoms with E-state index in [0.29, 0.717) is 23.5 Å². The summed E-state index contributed by atoms with van der Waals surface area (Å²) in [5.74, 6) is -0.770. The summed E-state index contributed by atoms with van der Waals surface area (Å²) in [7, 11) is 1.64. The molecule has 4 heterocycles. The molecule has 0 bridgehead atoms. The lowest BCUT2D eigenvalue weighted by Gasteiger charge is -2.16. The molecule has 2 amide bonds. The Balaban J connectivity index is 1.56. The van der Waals surface area contributed by atoms with Gasteiger partial charge in [-0.1, -0.05) is 29.4 Å². The molecule has 156 valence electrons. The molecular weight excluding hydrogens is 398 g/mol. The number of benzene rings is 1. The van der Waals surface area contributed by atoms with Crippen molar-refractivity contribution in [2.24, 2.45) is 5.73 Å². The number of likely N-dealkylation sites (tertiary alicyclic amines) is 1. The maximum Gasteiger partial charge on any atom is 0.285 e. The number of pyridine rings is 1. The molecule has 3 N–H and O–H groups in total. The van der Waals surface area contributed by atoms with E-state index in [2.05, 4.69) is 10.1 Å². The lowest BCUT2D eigenvalue weighted by Crippen LogP contribution is -2.35. The minimum Gasteiger partial charge on any atom is -0.373 e. The summed E-state index contributed by atoms with van der Waals surface area (Å²) >= 11 is 0. The topological polar surface area (TPSA) is 127 Å². The molecule has 1 aromatic carbocycles.